The summed E-state index contributed by atoms with van der Waals surface area (Å²) in [6.45, 7) is 0.0618. The van der Waals surface area contributed by atoms with Crippen molar-refractivity contribution in [2.45, 2.75) is 51.0 Å². The van der Waals surface area contributed by atoms with Crippen molar-refractivity contribution in [3.8, 4) is 6.07 Å². The fourth-order valence-corrected chi connectivity index (χ4v) is 4.06. The number of carbonyl (C=O) groups is 1. The number of nitriles is 1. The third-order valence-corrected chi connectivity index (χ3v) is 5.62. The van der Waals surface area contributed by atoms with Gasteiger partial charge in [0.25, 0.3) is 0 Å². The van der Waals surface area contributed by atoms with E-state index < -0.39 is 10.0 Å². The second-order valence-electron chi connectivity index (χ2n) is 6.50. The van der Waals surface area contributed by atoms with Crippen LogP contribution in [0.15, 0.2) is 24.3 Å². The predicted octanol–water partition coefficient (Wildman–Crippen LogP) is 2.55. The molecule has 1 aromatic rings. The molecule has 0 atom stereocenters. The number of hydrogen-bond acceptors (Lipinski definition) is 4. The highest BCUT2D eigenvalue weighted by Crippen LogP contribution is 2.20. The zero-order valence-corrected chi connectivity index (χ0v) is 15.4. The van der Waals surface area contributed by atoms with Crippen molar-refractivity contribution in [2.75, 3.05) is 17.1 Å². The molecule has 2 rings (SSSR count). The second-order valence-corrected chi connectivity index (χ2v) is 8.41. The van der Waals surface area contributed by atoms with Gasteiger partial charge in [0.1, 0.15) is 0 Å². The van der Waals surface area contributed by atoms with Gasteiger partial charge in [0.2, 0.25) is 15.9 Å². The van der Waals surface area contributed by atoms with E-state index in [-0.39, 0.29) is 24.9 Å². The molecule has 0 saturated heterocycles. The molecule has 0 bridgehead atoms. The molecule has 1 aromatic carbocycles. The van der Waals surface area contributed by atoms with Gasteiger partial charge in [-0.15, -0.1) is 0 Å². The smallest absolute Gasteiger partial charge is 0.232 e. The minimum atomic E-state index is -3.53. The lowest BCUT2D eigenvalue weighted by molar-refractivity contribution is -0.121. The van der Waals surface area contributed by atoms with Crippen molar-refractivity contribution >= 4 is 21.6 Å². The van der Waals surface area contributed by atoms with Gasteiger partial charge in [-0.05, 0) is 31.0 Å². The van der Waals surface area contributed by atoms with Gasteiger partial charge in [-0.25, -0.2) is 8.42 Å². The Kier molecular flexibility index (Phi) is 6.82. The average Bonchev–Trinajstić information content (AvgIpc) is 2.82. The Hall–Kier alpha value is -2.07. The Morgan fingerprint density at radius 1 is 1.28 bits per heavy atom. The Morgan fingerprint density at radius 3 is 2.56 bits per heavy atom. The number of nitrogens with zero attached hydrogens (tertiary/aromatic N) is 2. The van der Waals surface area contributed by atoms with Crippen molar-refractivity contribution in [3.05, 3.63) is 29.8 Å². The van der Waals surface area contributed by atoms with Gasteiger partial charge in [-0.1, -0.05) is 31.7 Å². The maximum absolute atomic E-state index is 12.2. The highest BCUT2D eigenvalue weighted by Gasteiger charge is 2.20. The summed E-state index contributed by atoms with van der Waals surface area (Å²) in [5.74, 6) is -0.128. The average molecular weight is 363 g/mol. The van der Waals surface area contributed by atoms with Crippen molar-refractivity contribution in [3.63, 3.8) is 0 Å². The largest absolute Gasteiger partial charge is 0.353 e. The summed E-state index contributed by atoms with van der Waals surface area (Å²) in [5.41, 5.74) is 0.790. The Labute approximate surface area is 149 Å². The summed E-state index contributed by atoms with van der Waals surface area (Å²) < 4.78 is 25.4. The molecule has 0 heterocycles. The monoisotopic (exact) mass is 363 g/mol. The predicted molar refractivity (Wildman–Crippen MR) is 97.6 cm³/mol. The van der Waals surface area contributed by atoms with E-state index in [2.05, 4.69) is 5.32 Å². The minimum Gasteiger partial charge on any atom is -0.353 e. The summed E-state index contributed by atoms with van der Waals surface area (Å²) in [7, 11) is -3.53. The SMILES string of the molecule is CS(=O)(=O)N(CCC(=O)NC1CCCCCC1)c1cccc(C#N)c1. The van der Waals surface area contributed by atoms with Gasteiger partial charge in [-0.3, -0.25) is 9.10 Å². The number of sulfonamides is 1. The summed E-state index contributed by atoms with van der Waals surface area (Å²) in [4.78, 5) is 12.2. The normalized spacial score (nSPS) is 15.8. The molecule has 6 nitrogen and oxygen atoms in total. The first-order chi connectivity index (χ1) is 11.9. The molecule has 25 heavy (non-hydrogen) atoms. The van der Waals surface area contributed by atoms with Gasteiger partial charge in [0.15, 0.2) is 0 Å². The summed E-state index contributed by atoms with van der Waals surface area (Å²) in [6.07, 6.45) is 7.86. The van der Waals surface area contributed by atoms with Crippen LogP contribution in [0.25, 0.3) is 0 Å². The van der Waals surface area contributed by atoms with Gasteiger partial charge >= 0.3 is 0 Å². The zero-order valence-electron chi connectivity index (χ0n) is 14.6. The van der Waals surface area contributed by atoms with Crippen molar-refractivity contribution in [1.29, 1.82) is 5.26 Å². The highest BCUT2D eigenvalue weighted by atomic mass is 32.2. The van der Waals surface area contributed by atoms with E-state index in [0.29, 0.717) is 11.3 Å². The second kappa shape index (κ2) is 8.86. The van der Waals surface area contributed by atoms with Crippen molar-refractivity contribution in [1.82, 2.24) is 5.32 Å². The first-order valence-electron chi connectivity index (χ1n) is 8.67. The molecule has 1 N–H and O–H groups in total. The standard InChI is InChI=1S/C18H25N3O3S/c1-25(23,24)21(17-10-6-7-15(13-17)14-19)12-11-18(22)20-16-8-4-2-3-5-9-16/h6-7,10,13,16H,2-5,8-9,11-12H2,1H3,(H,20,22). The molecule has 0 aromatic heterocycles. The van der Waals surface area contributed by atoms with Gasteiger partial charge in [-0.2, -0.15) is 5.26 Å². The third kappa shape index (κ3) is 6.05. The van der Waals surface area contributed by atoms with Crippen LogP contribution in [-0.2, 0) is 14.8 Å². The van der Waals surface area contributed by atoms with Gasteiger partial charge in [0, 0.05) is 19.0 Å². The van der Waals surface area contributed by atoms with Crippen molar-refractivity contribution in [2.24, 2.45) is 0 Å². The Balaban J connectivity index is 2.00. The van der Waals surface area contributed by atoms with Crippen LogP contribution in [0.3, 0.4) is 0 Å². The molecule has 1 aliphatic rings. The number of nitrogens with one attached hydrogen (secondary N) is 1. The van der Waals surface area contributed by atoms with Crippen LogP contribution in [0.2, 0.25) is 0 Å². The lowest BCUT2D eigenvalue weighted by atomic mass is 10.1. The minimum absolute atomic E-state index is 0.0618. The van der Waals surface area contributed by atoms with Crippen LogP contribution < -0.4 is 9.62 Å². The lowest BCUT2D eigenvalue weighted by Gasteiger charge is -2.23. The fraction of sp³-hybridized carbons (Fsp3) is 0.556. The summed E-state index contributed by atoms with van der Waals surface area (Å²) in [6, 6.07) is 8.59. The maximum atomic E-state index is 12.2. The number of anilines is 1. The zero-order chi connectivity index (χ0) is 18.3. The number of carbonyl (C=O) groups excluding carboxylic acids is 1. The molecule has 0 aliphatic heterocycles. The van der Waals surface area contributed by atoms with E-state index in [0.717, 1.165) is 31.9 Å². The Bertz CT molecular complexity index is 732. The van der Waals surface area contributed by atoms with Gasteiger partial charge < -0.3 is 5.32 Å². The van der Waals surface area contributed by atoms with Crippen LogP contribution >= 0.6 is 0 Å². The van der Waals surface area contributed by atoms with Crippen LogP contribution in [-0.4, -0.2) is 33.2 Å². The van der Waals surface area contributed by atoms with Crippen LogP contribution in [0, 0.1) is 11.3 Å². The molecule has 0 radical (unpaired) electrons. The first-order valence-corrected chi connectivity index (χ1v) is 10.5. The molecule has 1 amide bonds. The Morgan fingerprint density at radius 2 is 1.96 bits per heavy atom. The molecule has 136 valence electrons. The lowest BCUT2D eigenvalue weighted by Crippen LogP contribution is -2.38. The first kappa shape index (κ1) is 19.3. The molecule has 0 spiro atoms. The van der Waals surface area contributed by atoms with Crippen molar-refractivity contribution < 1.29 is 13.2 Å². The number of rotatable bonds is 6. The summed E-state index contributed by atoms with van der Waals surface area (Å²) >= 11 is 0. The molecule has 1 saturated carbocycles. The molecular weight excluding hydrogens is 338 g/mol. The van der Waals surface area contributed by atoms with E-state index in [1.165, 1.54) is 23.2 Å². The summed E-state index contributed by atoms with van der Waals surface area (Å²) in [5, 5.41) is 12.0. The van der Waals surface area contributed by atoms with Crippen LogP contribution in [0.1, 0.15) is 50.5 Å². The van der Waals surface area contributed by atoms with E-state index in [1.54, 1.807) is 18.2 Å². The quantitative estimate of drug-likeness (QED) is 0.787. The topological polar surface area (TPSA) is 90.3 Å². The number of benzene rings is 1. The molecule has 1 fully saturated rings. The molecular formula is C18H25N3O3S. The molecule has 7 heteroatoms. The fourth-order valence-electron chi connectivity index (χ4n) is 3.14. The van der Waals surface area contributed by atoms with E-state index in [1.807, 2.05) is 6.07 Å². The van der Waals surface area contributed by atoms with Crippen LogP contribution in [0.5, 0.6) is 0 Å². The third-order valence-electron chi connectivity index (χ3n) is 4.43. The number of amides is 1. The van der Waals surface area contributed by atoms with E-state index >= 15 is 0 Å². The van der Waals surface area contributed by atoms with E-state index in [4.69, 9.17) is 5.26 Å². The molecule has 0 unspecified atom stereocenters. The molecule has 1 aliphatic carbocycles. The van der Waals surface area contributed by atoms with E-state index in [9.17, 15) is 13.2 Å². The number of hydrogen-bond donors (Lipinski definition) is 1. The highest BCUT2D eigenvalue weighted by molar-refractivity contribution is 7.92. The maximum Gasteiger partial charge on any atom is 0.232 e. The van der Waals surface area contributed by atoms with Gasteiger partial charge in [0.05, 0.1) is 23.6 Å². The van der Waals surface area contributed by atoms with Crippen LogP contribution in [0.4, 0.5) is 5.69 Å².